The van der Waals surface area contributed by atoms with Crippen LogP contribution >= 0.6 is 0 Å². The number of hydrogen-bond acceptors (Lipinski definition) is 2. The molecular formula is C9H5FNO. The van der Waals surface area contributed by atoms with Crippen LogP contribution in [0.25, 0.3) is 11.3 Å². The maximum Gasteiger partial charge on any atom is 0.284 e. The number of oxazole rings is 1. The third-order valence-electron chi connectivity index (χ3n) is 1.51. The van der Waals surface area contributed by atoms with Gasteiger partial charge in [-0.1, -0.05) is 12.1 Å². The average Bonchev–Trinajstić information content (AvgIpc) is 2.56. The molecule has 0 amide bonds. The molecule has 1 aromatic carbocycles. The first-order valence-electron chi connectivity index (χ1n) is 3.44. The number of rotatable bonds is 1. The van der Waals surface area contributed by atoms with Crippen molar-refractivity contribution in [3.63, 3.8) is 0 Å². The van der Waals surface area contributed by atoms with Gasteiger partial charge in [-0.05, 0) is 12.1 Å². The Morgan fingerprint density at radius 2 is 2.33 bits per heavy atom. The molecule has 0 atom stereocenters. The predicted molar refractivity (Wildman–Crippen MR) is 40.7 cm³/mol. The van der Waals surface area contributed by atoms with Gasteiger partial charge in [0.1, 0.15) is 17.8 Å². The van der Waals surface area contributed by atoms with Gasteiger partial charge in [0.2, 0.25) is 0 Å². The molecule has 2 nitrogen and oxygen atoms in total. The summed E-state index contributed by atoms with van der Waals surface area (Å²) in [6, 6.07) is 6.16. The summed E-state index contributed by atoms with van der Waals surface area (Å²) in [6.07, 6.45) is 3.73. The van der Waals surface area contributed by atoms with E-state index in [4.69, 9.17) is 0 Å². The standard InChI is InChI=1S/C9H5FNO/c10-8-3-1-2-7(4-8)9-5-12-6-11-9/h1-5H. The van der Waals surface area contributed by atoms with Crippen LogP contribution in [-0.2, 0) is 0 Å². The fourth-order valence-electron chi connectivity index (χ4n) is 0.964. The summed E-state index contributed by atoms with van der Waals surface area (Å²) in [5.41, 5.74) is 1.29. The van der Waals surface area contributed by atoms with Gasteiger partial charge in [-0.2, -0.15) is 0 Å². The van der Waals surface area contributed by atoms with E-state index in [2.05, 4.69) is 15.8 Å². The Balaban J connectivity index is 2.48. The smallest absolute Gasteiger partial charge is 0.284 e. The minimum Gasteiger partial charge on any atom is -0.440 e. The van der Waals surface area contributed by atoms with E-state index in [0.717, 1.165) is 0 Å². The Morgan fingerprint density at radius 1 is 1.42 bits per heavy atom. The van der Waals surface area contributed by atoms with Gasteiger partial charge in [-0.15, -0.1) is 0 Å². The highest BCUT2D eigenvalue weighted by molar-refractivity contribution is 5.57. The topological polar surface area (TPSA) is 26.0 Å². The Kier molecular flexibility index (Phi) is 1.63. The molecule has 0 aliphatic carbocycles. The van der Waals surface area contributed by atoms with Crippen molar-refractivity contribution in [2.75, 3.05) is 0 Å². The molecule has 3 heteroatoms. The maximum absolute atomic E-state index is 12.7. The second-order valence-corrected chi connectivity index (χ2v) is 2.33. The van der Waals surface area contributed by atoms with Gasteiger partial charge in [0.05, 0.1) is 0 Å². The van der Waals surface area contributed by atoms with Crippen LogP contribution in [0.3, 0.4) is 0 Å². The second kappa shape index (κ2) is 2.77. The van der Waals surface area contributed by atoms with Crippen molar-refractivity contribution >= 4 is 0 Å². The fraction of sp³-hybridized carbons (Fsp3) is 0. The third kappa shape index (κ3) is 1.21. The zero-order valence-electron chi connectivity index (χ0n) is 6.12. The molecule has 0 aliphatic heterocycles. The van der Waals surface area contributed by atoms with E-state index in [1.165, 1.54) is 18.4 Å². The first kappa shape index (κ1) is 7.03. The lowest BCUT2D eigenvalue weighted by Gasteiger charge is -1.93. The normalized spacial score (nSPS) is 10.1. The third-order valence-corrected chi connectivity index (χ3v) is 1.51. The summed E-state index contributed by atoms with van der Waals surface area (Å²) in [5, 5.41) is 0. The van der Waals surface area contributed by atoms with Crippen molar-refractivity contribution in [1.82, 2.24) is 4.98 Å². The van der Waals surface area contributed by atoms with Crippen molar-refractivity contribution in [2.45, 2.75) is 0 Å². The number of halogens is 1. The quantitative estimate of drug-likeness (QED) is 0.642. The molecule has 0 aliphatic rings. The van der Waals surface area contributed by atoms with E-state index in [-0.39, 0.29) is 5.82 Å². The lowest BCUT2D eigenvalue weighted by atomic mass is 10.2. The zero-order chi connectivity index (χ0) is 8.39. The highest BCUT2D eigenvalue weighted by Gasteiger charge is 2.00. The lowest BCUT2D eigenvalue weighted by Crippen LogP contribution is -1.78. The van der Waals surface area contributed by atoms with Gasteiger partial charge in [-0.25, -0.2) is 9.37 Å². The van der Waals surface area contributed by atoms with Gasteiger partial charge in [0.15, 0.2) is 0 Å². The SMILES string of the molecule is Fc1cccc(-c2co[c]n2)c1. The van der Waals surface area contributed by atoms with Crippen LogP contribution in [0.15, 0.2) is 34.9 Å². The van der Waals surface area contributed by atoms with Crippen molar-refractivity contribution in [3.05, 3.63) is 42.7 Å². The van der Waals surface area contributed by atoms with Gasteiger partial charge in [-0.3, -0.25) is 0 Å². The Hall–Kier alpha value is -1.64. The first-order valence-corrected chi connectivity index (χ1v) is 3.44. The minimum absolute atomic E-state index is 0.282. The molecule has 59 valence electrons. The molecule has 1 radical (unpaired) electrons. The molecule has 0 unspecified atom stereocenters. The van der Waals surface area contributed by atoms with Crippen molar-refractivity contribution in [3.8, 4) is 11.3 Å². The van der Waals surface area contributed by atoms with Crippen molar-refractivity contribution in [1.29, 1.82) is 0 Å². The van der Waals surface area contributed by atoms with Crippen LogP contribution in [-0.4, -0.2) is 4.98 Å². The molecule has 0 fully saturated rings. The molecule has 1 heterocycles. The number of nitrogens with zero attached hydrogens (tertiary/aromatic N) is 1. The molecular weight excluding hydrogens is 157 g/mol. The highest BCUT2D eigenvalue weighted by Crippen LogP contribution is 2.16. The van der Waals surface area contributed by atoms with E-state index >= 15 is 0 Å². The number of hydrogen-bond donors (Lipinski definition) is 0. The molecule has 12 heavy (non-hydrogen) atoms. The summed E-state index contributed by atoms with van der Waals surface area (Å²) >= 11 is 0. The highest BCUT2D eigenvalue weighted by atomic mass is 19.1. The van der Waals surface area contributed by atoms with Gasteiger partial charge in [0.25, 0.3) is 6.39 Å². The van der Waals surface area contributed by atoms with Gasteiger partial charge in [0, 0.05) is 5.56 Å². The molecule has 2 aromatic rings. The molecule has 2 rings (SSSR count). The largest absolute Gasteiger partial charge is 0.440 e. The molecule has 0 N–H and O–H groups in total. The van der Waals surface area contributed by atoms with Crippen LogP contribution in [0.4, 0.5) is 4.39 Å². The number of aromatic nitrogens is 1. The van der Waals surface area contributed by atoms with Crippen LogP contribution in [0.5, 0.6) is 0 Å². The fourth-order valence-corrected chi connectivity index (χ4v) is 0.964. The van der Waals surface area contributed by atoms with E-state index in [0.29, 0.717) is 11.3 Å². The van der Waals surface area contributed by atoms with Crippen molar-refractivity contribution in [2.24, 2.45) is 0 Å². The summed E-state index contributed by atoms with van der Waals surface area (Å²) in [6.45, 7) is 0. The second-order valence-electron chi connectivity index (χ2n) is 2.33. The van der Waals surface area contributed by atoms with Crippen LogP contribution < -0.4 is 0 Å². The van der Waals surface area contributed by atoms with Crippen molar-refractivity contribution < 1.29 is 8.81 Å². The maximum atomic E-state index is 12.7. The van der Waals surface area contributed by atoms with Gasteiger partial charge < -0.3 is 4.42 Å². The molecule has 0 spiro atoms. The summed E-state index contributed by atoms with van der Waals surface area (Å²) in [4.78, 5) is 3.77. The Morgan fingerprint density at radius 3 is 3.00 bits per heavy atom. The van der Waals surface area contributed by atoms with Gasteiger partial charge >= 0.3 is 0 Å². The lowest BCUT2D eigenvalue weighted by molar-refractivity contribution is 0.548. The first-order chi connectivity index (χ1) is 5.86. The van der Waals surface area contributed by atoms with E-state index in [1.807, 2.05) is 0 Å². The minimum atomic E-state index is -0.282. The summed E-state index contributed by atoms with van der Waals surface area (Å²) in [5.74, 6) is -0.282. The van der Waals surface area contributed by atoms with Crippen LogP contribution in [0, 0.1) is 12.2 Å². The zero-order valence-corrected chi connectivity index (χ0v) is 6.12. The van der Waals surface area contributed by atoms with E-state index in [1.54, 1.807) is 12.1 Å². The van der Waals surface area contributed by atoms with Crippen LogP contribution in [0.1, 0.15) is 0 Å². The average molecular weight is 162 g/mol. The Bertz CT molecular complexity index is 370. The van der Waals surface area contributed by atoms with E-state index in [9.17, 15) is 4.39 Å². The Labute approximate surface area is 68.7 Å². The monoisotopic (exact) mass is 162 g/mol. The molecule has 0 saturated heterocycles. The summed E-state index contributed by atoms with van der Waals surface area (Å²) < 4.78 is 17.3. The molecule has 0 bridgehead atoms. The molecule has 0 saturated carbocycles. The number of benzene rings is 1. The van der Waals surface area contributed by atoms with E-state index < -0.39 is 0 Å². The van der Waals surface area contributed by atoms with Crippen LogP contribution in [0.2, 0.25) is 0 Å². The predicted octanol–water partition coefficient (Wildman–Crippen LogP) is 2.28. The summed E-state index contributed by atoms with van der Waals surface area (Å²) in [7, 11) is 0. The molecule has 1 aromatic heterocycles.